The zero-order valence-corrected chi connectivity index (χ0v) is 16.7. The van der Waals surface area contributed by atoms with Crippen LogP contribution in [0.4, 0.5) is 5.69 Å². The summed E-state index contributed by atoms with van der Waals surface area (Å²) in [5, 5.41) is 0. The van der Waals surface area contributed by atoms with Gasteiger partial charge in [0.15, 0.2) is 0 Å². The molecule has 0 fully saturated rings. The van der Waals surface area contributed by atoms with E-state index in [1.54, 1.807) is 16.8 Å². The topological polar surface area (TPSA) is 49.9 Å². The number of ether oxygens (including phenoxy) is 1. The van der Waals surface area contributed by atoms with Crippen molar-refractivity contribution in [3.05, 3.63) is 53.6 Å². The van der Waals surface area contributed by atoms with Crippen molar-refractivity contribution in [1.82, 2.24) is 4.90 Å². The first-order valence-electron chi connectivity index (χ1n) is 8.91. The second-order valence-electron chi connectivity index (χ2n) is 6.72. The number of benzene rings is 2. The van der Waals surface area contributed by atoms with Gasteiger partial charge in [0.1, 0.15) is 18.9 Å². The van der Waals surface area contributed by atoms with Gasteiger partial charge in [-0.15, -0.1) is 11.8 Å². The average Bonchev–Trinajstić information content (AvgIpc) is 2.63. The third kappa shape index (κ3) is 4.83. The lowest BCUT2D eigenvalue weighted by Crippen LogP contribution is -2.44. The van der Waals surface area contributed by atoms with Crippen molar-refractivity contribution in [3.8, 4) is 5.75 Å². The Kier molecular flexibility index (Phi) is 6.06. The van der Waals surface area contributed by atoms with Crippen LogP contribution in [0.3, 0.4) is 0 Å². The molecule has 1 heterocycles. The SMILES string of the molecule is Cc1cc(C)cc(OCCN(C)C(=O)CN2C(=O)CSc3ccccc32)c1. The largest absolute Gasteiger partial charge is 0.492 e. The number of hydrogen-bond donors (Lipinski definition) is 0. The van der Waals surface area contributed by atoms with Gasteiger partial charge in [0.25, 0.3) is 0 Å². The highest BCUT2D eigenvalue weighted by Gasteiger charge is 2.27. The number of fused-ring (bicyclic) bond motifs is 1. The molecule has 0 aliphatic carbocycles. The van der Waals surface area contributed by atoms with Crippen LogP contribution in [0.1, 0.15) is 11.1 Å². The fraction of sp³-hybridized carbons (Fsp3) is 0.333. The monoisotopic (exact) mass is 384 g/mol. The molecule has 2 aromatic rings. The van der Waals surface area contributed by atoms with Crippen molar-refractivity contribution in [1.29, 1.82) is 0 Å². The van der Waals surface area contributed by atoms with Crippen molar-refractivity contribution in [2.45, 2.75) is 18.7 Å². The van der Waals surface area contributed by atoms with Crippen LogP contribution in [-0.2, 0) is 9.59 Å². The molecule has 2 aromatic carbocycles. The van der Waals surface area contributed by atoms with Crippen LogP contribution in [0, 0.1) is 13.8 Å². The minimum atomic E-state index is -0.103. The van der Waals surface area contributed by atoms with Gasteiger partial charge >= 0.3 is 0 Å². The van der Waals surface area contributed by atoms with E-state index < -0.39 is 0 Å². The van der Waals surface area contributed by atoms with Crippen molar-refractivity contribution < 1.29 is 14.3 Å². The van der Waals surface area contributed by atoms with E-state index in [-0.39, 0.29) is 18.4 Å². The number of thioether (sulfide) groups is 1. The third-order valence-electron chi connectivity index (χ3n) is 4.42. The lowest BCUT2D eigenvalue weighted by atomic mass is 10.1. The molecule has 0 N–H and O–H groups in total. The number of hydrogen-bond acceptors (Lipinski definition) is 4. The molecule has 0 atom stereocenters. The molecule has 0 radical (unpaired) electrons. The summed E-state index contributed by atoms with van der Waals surface area (Å²) in [6.45, 7) is 4.98. The molecular weight excluding hydrogens is 360 g/mol. The Labute approximate surface area is 164 Å². The summed E-state index contributed by atoms with van der Waals surface area (Å²) in [6.07, 6.45) is 0. The van der Waals surface area contributed by atoms with E-state index in [0.717, 1.165) is 27.5 Å². The zero-order valence-electron chi connectivity index (χ0n) is 15.9. The third-order valence-corrected chi connectivity index (χ3v) is 5.47. The summed E-state index contributed by atoms with van der Waals surface area (Å²) in [6, 6.07) is 13.7. The predicted molar refractivity (Wildman–Crippen MR) is 109 cm³/mol. The van der Waals surface area contributed by atoms with Gasteiger partial charge in [0.2, 0.25) is 11.8 Å². The minimum absolute atomic E-state index is 0.0352. The molecule has 3 rings (SSSR count). The molecule has 0 spiro atoms. The van der Waals surface area contributed by atoms with Crippen LogP contribution in [0.2, 0.25) is 0 Å². The number of rotatable bonds is 6. The van der Waals surface area contributed by atoms with E-state index in [2.05, 4.69) is 6.07 Å². The molecule has 5 nitrogen and oxygen atoms in total. The molecular formula is C21H24N2O3S. The number of nitrogens with zero attached hydrogens (tertiary/aromatic N) is 2. The molecule has 0 saturated heterocycles. The summed E-state index contributed by atoms with van der Waals surface area (Å²) in [7, 11) is 1.74. The van der Waals surface area contributed by atoms with Crippen molar-refractivity contribution >= 4 is 29.3 Å². The quantitative estimate of drug-likeness (QED) is 0.767. The lowest BCUT2D eigenvalue weighted by Gasteiger charge is -2.30. The number of carbonyl (C=O) groups is 2. The highest BCUT2D eigenvalue weighted by molar-refractivity contribution is 8.00. The average molecular weight is 385 g/mol. The van der Waals surface area contributed by atoms with Crippen molar-refractivity contribution in [2.24, 2.45) is 0 Å². The lowest BCUT2D eigenvalue weighted by molar-refractivity contribution is -0.130. The molecule has 0 bridgehead atoms. The minimum Gasteiger partial charge on any atom is -0.492 e. The molecule has 0 saturated carbocycles. The Balaban J connectivity index is 1.55. The molecule has 2 amide bonds. The summed E-state index contributed by atoms with van der Waals surface area (Å²) in [5.41, 5.74) is 3.11. The first kappa shape index (κ1) is 19.3. The fourth-order valence-electron chi connectivity index (χ4n) is 3.02. The van der Waals surface area contributed by atoms with E-state index in [0.29, 0.717) is 18.9 Å². The molecule has 1 aliphatic rings. The smallest absolute Gasteiger partial charge is 0.242 e. The zero-order chi connectivity index (χ0) is 19.4. The molecule has 1 aliphatic heterocycles. The van der Waals surface area contributed by atoms with Crippen LogP contribution in [0.5, 0.6) is 5.75 Å². The Morgan fingerprint density at radius 1 is 1.19 bits per heavy atom. The summed E-state index contributed by atoms with van der Waals surface area (Å²) in [4.78, 5) is 29.1. The highest BCUT2D eigenvalue weighted by Crippen LogP contribution is 2.34. The molecule has 27 heavy (non-hydrogen) atoms. The Bertz CT molecular complexity index is 833. The van der Waals surface area contributed by atoms with Gasteiger partial charge in [-0.05, 0) is 49.2 Å². The standard InChI is InChI=1S/C21H24N2O3S/c1-15-10-16(2)12-17(11-15)26-9-8-22(3)20(24)13-23-18-6-4-5-7-19(18)27-14-21(23)25/h4-7,10-12H,8-9,13-14H2,1-3H3. The van der Waals surface area contributed by atoms with E-state index in [1.807, 2.05) is 50.2 Å². The normalized spacial score (nSPS) is 13.3. The van der Waals surface area contributed by atoms with Gasteiger partial charge in [0, 0.05) is 11.9 Å². The fourth-order valence-corrected chi connectivity index (χ4v) is 3.96. The Morgan fingerprint density at radius 3 is 2.63 bits per heavy atom. The molecule has 0 aromatic heterocycles. The molecule has 6 heteroatoms. The van der Waals surface area contributed by atoms with Crippen molar-refractivity contribution in [3.63, 3.8) is 0 Å². The van der Waals surface area contributed by atoms with Gasteiger partial charge in [-0.3, -0.25) is 9.59 Å². The van der Waals surface area contributed by atoms with Gasteiger partial charge in [-0.2, -0.15) is 0 Å². The number of para-hydroxylation sites is 1. The number of anilines is 1. The second-order valence-corrected chi connectivity index (χ2v) is 7.74. The number of likely N-dealkylation sites (N-methyl/N-ethyl adjacent to an activating group) is 1. The van der Waals surface area contributed by atoms with E-state index in [1.165, 1.54) is 11.8 Å². The maximum atomic E-state index is 12.6. The Hall–Kier alpha value is -2.47. The predicted octanol–water partition coefficient (Wildman–Crippen LogP) is 3.28. The summed E-state index contributed by atoms with van der Waals surface area (Å²) < 4.78 is 5.78. The maximum Gasteiger partial charge on any atom is 0.242 e. The van der Waals surface area contributed by atoms with Crippen LogP contribution < -0.4 is 9.64 Å². The summed E-state index contributed by atoms with van der Waals surface area (Å²) in [5.74, 6) is 1.04. The van der Waals surface area contributed by atoms with Gasteiger partial charge < -0.3 is 14.5 Å². The molecule has 0 unspecified atom stereocenters. The van der Waals surface area contributed by atoms with Gasteiger partial charge in [-0.25, -0.2) is 0 Å². The van der Waals surface area contributed by atoms with Crippen LogP contribution in [-0.4, -0.2) is 49.2 Å². The summed E-state index contributed by atoms with van der Waals surface area (Å²) >= 11 is 1.51. The van der Waals surface area contributed by atoms with Gasteiger partial charge in [-0.1, -0.05) is 18.2 Å². The van der Waals surface area contributed by atoms with Crippen molar-refractivity contribution in [2.75, 3.05) is 37.4 Å². The van der Waals surface area contributed by atoms with E-state index in [4.69, 9.17) is 4.74 Å². The van der Waals surface area contributed by atoms with Crippen LogP contribution >= 0.6 is 11.8 Å². The maximum absolute atomic E-state index is 12.6. The van der Waals surface area contributed by atoms with E-state index in [9.17, 15) is 9.59 Å². The molecule has 142 valence electrons. The first-order chi connectivity index (χ1) is 12.9. The number of aryl methyl sites for hydroxylation is 2. The first-order valence-corrected chi connectivity index (χ1v) is 9.90. The Morgan fingerprint density at radius 2 is 1.89 bits per heavy atom. The van der Waals surface area contributed by atoms with E-state index >= 15 is 0 Å². The van der Waals surface area contributed by atoms with Gasteiger partial charge in [0.05, 0.1) is 18.0 Å². The second kappa shape index (κ2) is 8.48. The highest BCUT2D eigenvalue weighted by atomic mass is 32.2. The van der Waals surface area contributed by atoms with Crippen LogP contribution in [0.25, 0.3) is 0 Å². The van der Waals surface area contributed by atoms with Crippen LogP contribution in [0.15, 0.2) is 47.4 Å². The number of amides is 2. The number of carbonyl (C=O) groups excluding carboxylic acids is 2.